The minimum Gasteiger partial charge on any atom is -0.466 e. The van der Waals surface area contributed by atoms with Crippen LogP contribution in [-0.2, 0) is 62.7 Å². The summed E-state index contributed by atoms with van der Waals surface area (Å²) in [5, 5.41) is -0.579. The molecule has 52 heavy (non-hydrogen) atoms. The number of esters is 2. The molecule has 3 fully saturated rings. The molecule has 0 aromatic heterocycles. The summed E-state index contributed by atoms with van der Waals surface area (Å²) in [4.78, 5) is 70.4. The largest absolute Gasteiger partial charge is 0.466 e. The van der Waals surface area contributed by atoms with E-state index in [4.69, 9.17) is 9.47 Å². The number of aryl methyl sites for hydroxylation is 1. The first kappa shape index (κ1) is 38.4. The van der Waals surface area contributed by atoms with E-state index >= 15 is 0 Å². The zero-order valence-electron chi connectivity index (χ0n) is 30.9. The first-order valence-electron chi connectivity index (χ1n) is 19.8. The molecule has 1 unspecified atom stereocenters. The highest BCUT2D eigenvalue weighted by atomic mass is 32.2. The van der Waals surface area contributed by atoms with Gasteiger partial charge in [0, 0.05) is 18.8 Å². The highest BCUT2D eigenvalue weighted by Gasteiger charge is 2.61. The number of fused-ring (bicyclic) bond motifs is 3. The normalized spacial score (nSPS) is 30.2. The molecule has 2 aliphatic heterocycles. The number of benzene rings is 1. The summed E-state index contributed by atoms with van der Waals surface area (Å²) in [6, 6.07) is 5.30. The van der Waals surface area contributed by atoms with Crippen molar-refractivity contribution < 1.29 is 41.9 Å². The average Bonchev–Trinajstić information content (AvgIpc) is 4.01. The molecule has 286 valence electrons. The summed E-state index contributed by atoms with van der Waals surface area (Å²) in [6.07, 6.45) is 9.94. The van der Waals surface area contributed by atoms with E-state index in [9.17, 15) is 32.4 Å². The summed E-state index contributed by atoms with van der Waals surface area (Å²) in [6.45, 7) is 4.22. The number of nitrogens with zero attached hydrogens (tertiary/aromatic N) is 1. The van der Waals surface area contributed by atoms with Crippen LogP contribution in [0.15, 0.2) is 18.2 Å². The van der Waals surface area contributed by atoms with Gasteiger partial charge in [0.05, 0.1) is 42.2 Å². The fourth-order valence-corrected chi connectivity index (χ4v) is 10.2. The van der Waals surface area contributed by atoms with Crippen LogP contribution in [-0.4, -0.2) is 73.4 Å². The van der Waals surface area contributed by atoms with E-state index < -0.39 is 50.6 Å². The molecule has 0 spiro atoms. The Morgan fingerprint density at radius 3 is 2.46 bits per heavy atom. The molecule has 1 N–H and O–H groups in total. The molecule has 11 nitrogen and oxygen atoms in total. The molecule has 0 radical (unpaired) electrons. The monoisotopic (exact) mass is 740 g/mol. The molecule has 2 saturated carbocycles. The third-order valence-corrected chi connectivity index (χ3v) is 14.0. The number of ether oxygens (including phenoxy) is 2. The van der Waals surface area contributed by atoms with E-state index in [2.05, 4.69) is 22.9 Å². The summed E-state index contributed by atoms with van der Waals surface area (Å²) in [7, 11) is -3.81. The van der Waals surface area contributed by atoms with Crippen molar-refractivity contribution in [3.63, 3.8) is 0 Å². The second-order valence-electron chi connectivity index (χ2n) is 16.0. The predicted molar refractivity (Wildman–Crippen MR) is 193 cm³/mol. The maximum absolute atomic E-state index is 14.4. The topological polar surface area (TPSA) is 153 Å². The maximum atomic E-state index is 14.4. The lowest BCUT2D eigenvalue weighted by molar-refractivity contribution is -0.154. The molecule has 3 aliphatic carbocycles. The van der Waals surface area contributed by atoms with Gasteiger partial charge in [-0.3, -0.25) is 28.7 Å². The van der Waals surface area contributed by atoms with Crippen LogP contribution in [0.3, 0.4) is 0 Å². The summed E-state index contributed by atoms with van der Waals surface area (Å²) >= 11 is 0. The van der Waals surface area contributed by atoms with Gasteiger partial charge in [-0.2, -0.15) is 0 Å². The summed E-state index contributed by atoms with van der Waals surface area (Å²) in [5.74, 6) is -3.38. The quantitative estimate of drug-likeness (QED) is 0.321. The minimum atomic E-state index is -3.81. The molecule has 6 rings (SSSR count). The van der Waals surface area contributed by atoms with Gasteiger partial charge in [-0.15, -0.1) is 0 Å². The number of cyclic esters (lactones) is 1. The number of hydrogen-bond donors (Lipinski definition) is 1. The fourth-order valence-electron chi connectivity index (χ4n) is 8.82. The van der Waals surface area contributed by atoms with Gasteiger partial charge in [0.1, 0.15) is 6.10 Å². The first-order valence-corrected chi connectivity index (χ1v) is 21.3. The van der Waals surface area contributed by atoms with Crippen LogP contribution < -0.4 is 4.72 Å². The molecule has 2 heterocycles. The smallest absolute Gasteiger partial charge is 0.309 e. The minimum absolute atomic E-state index is 0.00995. The van der Waals surface area contributed by atoms with E-state index in [-0.39, 0.29) is 55.3 Å². The molecule has 1 aromatic carbocycles. The number of unbranched alkanes of at least 4 members (excludes halogenated alkanes) is 1. The Kier molecular flexibility index (Phi) is 12.1. The van der Waals surface area contributed by atoms with Gasteiger partial charge in [0.25, 0.3) is 0 Å². The van der Waals surface area contributed by atoms with Crippen molar-refractivity contribution in [2.45, 2.75) is 147 Å². The van der Waals surface area contributed by atoms with Crippen LogP contribution >= 0.6 is 0 Å². The molecule has 4 bridgehead atoms. The summed E-state index contributed by atoms with van der Waals surface area (Å²) < 4.78 is 39.4. The van der Waals surface area contributed by atoms with Gasteiger partial charge < -0.3 is 14.4 Å². The van der Waals surface area contributed by atoms with Crippen LogP contribution in [0.25, 0.3) is 0 Å². The van der Waals surface area contributed by atoms with E-state index in [1.807, 2.05) is 13.8 Å². The highest BCUT2D eigenvalue weighted by molar-refractivity contribution is 7.90. The van der Waals surface area contributed by atoms with E-state index in [1.165, 1.54) is 21.6 Å². The Balaban J connectivity index is 1.24. The van der Waals surface area contributed by atoms with Crippen molar-refractivity contribution in [3.8, 4) is 0 Å². The van der Waals surface area contributed by atoms with Crippen LogP contribution in [0, 0.1) is 23.2 Å². The second kappa shape index (κ2) is 16.4. The van der Waals surface area contributed by atoms with E-state index in [0.29, 0.717) is 58.0 Å². The molecule has 12 heteroatoms. The van der Waals surface area contributed by atoms with Crippen molar-refractivity contribution >= 4 is 39.6 Å². The molecular weight excluding hydrogens is 685 g/mol. The van der Waals surface area contributed by atoms with Crippen LogP contribution in [0.5, 0.6) is 0 Å². The fraction of sp³-hybridized carbons (Fsp3) is 0.725. The van der Waals surface area contributed by atoms with Crippen molar-refractivity contribution in [1.82, 2.24) is 9.62 Å². The third kappa shape index (κ3) is 8.74. The second-order valence-corrected chi connectivity index (χ2v) is 18.0. The Labute approximate surface area is 308 Å². The Bertz CT molecular complexity index is 1640. The van der Waals surface area contributed by atoms with E-state index in [0.717, 1.165) is 44.9 Å². The number of Topliss-reactive ketones (excluding diaryl/α,β-unsaturated/α-hetero) is 1. The Hall–Kier alpha value is -3.28. The number of rotatable bonds is 10. The first-order chi connectivity index (χ1) is 25.0. The zero-order chi connectivity index (χ0) is 37.0. The Morgan fingerprint density at radius 2 is 1.73 bits per heavy atom. The van der Waals surface area contributed by atoms with Crippen LogP contribution in [0.2, 0.25) is 0 Å². The molecule has 5 aliphatic rings. The Morgan fingerprint density at radius 1 is 0.981 bits per heavy atom. The number of hydrogen-bond acceptors (Lipinski definition) is 9. The van der Waals surface area contributed by atoms with Gasteiger partial charge in [0.15, 0.2) is 5.78 Å². The number of carbonyl (C=O) groups excluding carboxylic acids is 5. The van der Waals surface area contributed by atoms with E-state index in [1.54, 1.807) is 0 Å². The van der Waals surface area contributed by atoms with Gasteiger partial charge in [0.2, 0.25) is 21.8 Å². The molecule has 6 atom stereocenters. The average molecular weight is 741 g/mol. The zero-order valence-corrected chi connectivity index (χ0v) is 31.7. The van der Waals surface area contributed by atoms with Crippen molar-refractivity contribution in [1.29, 1.82) is 0 Å². The molecule has 1 saturated heterocycles. The predicted octanol–water partition coefficient (Wildman–Crippen LogP) is 5.14. The van der Waals surface area contributed by atoms with Crippen molar-refractivity contribution in [3.05, 3.63) is 34.9 Å². The number of sulfonamides is 1. The van der Waals surface area contributed by atoms with Crippen molar-refractivity contribution in [2.24, 2.45) is 23.2 Å². The number of amides is 2. The number of ketones is 1. The lowest BCUT2D eigenvalue weighted by Gasteiger charge is -2.29. The van der Waals surface area contributed by atoms with Gasteiger partial charge in [-0.1, -0.05) is 70.6 Å². The van der Waals surface area contributed by atoms with Crippen molar-refractivity contribution in [2.75, 3.05) is 13.2 Å². The van der Waals surface area contributed by atoms with Gasteiger partial charge in [-0.25, -0.2) is 8.42 Å². The third-order valence-electron chi connectivity index (χ3n) is 12.2. The van der Waals surface area contributed by atoms with Gasteiger partial charge in [-0.05, 0) is 80.4 Å². The SMILES string of the molecule is CCCC[C@@H]1CC(=O)OCCCCCCCc2cccc3c2CC(C3)C(=O)O[C@@H]2C[C@@H](C(=O)C[C@]3(C(=O)NS(=O)(=O)C4CC4)C[C@H]3CC)N(C2)C1=O. The molecule has 2 amide bonds. The standard InChI is InChI=1S/C40H56N2O9S/c1-3-5-12-28-21-36(44)50-18-10-8-6-7-9-13-26-14-11-15-27-19-29(20-33(26)27)38(46)51-31-22-34(42(25-31)37(28)45)35(43)24-40(23-30(40)4-2)39(47)41-52(48,49)32-16-17-32/h11,14-15,28-32,34H,3-10,12-13,16-25H2,1-2H3,(H,41,47)/t28-,29?,30-,31-,34+,40-/m1/s1. The number of nitrogens with one attached hydrogen (secondary N) is 1. The van der Waals surface area contributed by atoms with Crippen LogP contribution in [0.4, 0.5) is 0 Å². The van der Waals surface area contributed by atoms with Gasteiger partial charge >= 0.3 is 11.9 Å². The molecule has 1 aromatic rings. The lowest BCUT2D eigenvalue weighted by atomic mass is 9.90. The summed E-state index contributed by atoms with van der Waals surface area (Å²) in [5.41, 5.74) is 2.49. The molecular formula is C40H56N2O9S. The number of carbonyl (C=O) groups is 5. The van der Waals surface area contributed by atoms with Crippen LogP contribution in [0.1, 0.15) is 127 Å². The highest BCUT2D eigenvalue weighted by Crippen LogP contribution is 2.58. The maximum Gasteiger partial charge on any atom is 0.309 e. The lowest BCUT2D eigenvalue weighted by Crippen LogP contribution is -2.46.